The second kappa shape index (κ2) is 6.27. The van der Waals surface area contributed by atoms with Crippen LogP contribution in [-0.4, -0.2) is 55.2 Å². The summed E-state index contributed by atoms with van der Waals surface area (Å²) in [7, 11) is -2.19. The number of ether oxygens (including phenoxy) is 1. The van der Waals surface area contributed by atoms with Crippen molar-refractivity contribution in [3.05, 3.63) is 17.0 Å². The highest BCUT2D eigenvalue weighted by Gasteiger charge is 2.35. The third kappa shape index (κ3) is 3.79. The van der Waals surface area contributed by atoms with Crippen LogP contribution in [0.3, 0.4) is 0 Å². The maximum atomic E-state index is 12.5. The molecule has 1 aromatic heterocycles. The van der Waals surface area contributed by atoms with Crippen LogP contribution in [0.5, 0.6) is 0 Å². The highest BCUT2D eigenvalue weighted by Crippen LogP contribution is 2.27. The van der Waals surface area contributed by atoms with Gasteiger partial charge in [-0.15, -0.1) is 11.3 Å². The van der Waals surface area contributed by atoms with Crippen molar-refractivity contribution >= 4 is 38.6 Å². The number of rotatable bonds is 5. The van der Waals surface area contributed by atoms with Crippen molar-refractivity contribution in [3.8, 4) is 0 Å². The zero-order valence-electron chi connectivity index (χ0n) is 11.6. The van der Waals surface area contributed by atoms with Crippen LogP contribution in [-0.2, 0) is 14.8 Å². The number of thiophene rings is 1. The number of hydrogen-bond donors (Lipinski definition) is 2. The van der Waals surface area contributed by atoms with Crippen LogP contribution in [0.25, 0.3) is 0 Å². The average Bonchev–Trinajstić information content (AvgIpc) is 2.89. The van der Waals surface area contributed by atoms with E-state index in [1.165, 1.54) is 17.4 Å². The van der Waals surface area contributed by atoms with Crippen LogP contribution in [0.2, 0.25) is 0 Å². The summed E-state index contributed by atoms with van der Waals surface area (Å²) in [5, 5.41) is 10.4. The molecule has 1 aliphatic rings. The summed E-state index contributed by atoms with van der Waals surface area (Å²) >= 11 is 5.87. The van der Waals surface area contributed by atoms with Gasteiger partial charge in [-0.05, 0) is 12.1 Å². The summed E-state index contributed by atoms with van der Waals surface area (Å²) in [6.45, 7) is 0.920. The number of likely N-dealkylation sites (N-methyl/N-ethyl adjacent to an activating group) is 1. The van der Waals surface area contributed by atoms with Gasteiger partial charge in [-0.2, -0.15) is 4.31 Å². The molecule has 9 heteroatoms. The molecule has 0 saturated carbocycles. The summed E-state index contributed by atoms with van der Waals surface area (Å²) in [5.41, 5.74) is 4.46. The summed E-state index contributed by atoms with van der Waals surface area (Å²) < 4.78 is 31.5. The van der Waals surface area contributed by atoms with Crippen molar-refractivity contribution in [3.63, 3.8) is 0 Å². The molecule has 1 fully saturated rings. The van der Waals surface area contributed by atoms with Crippen molar-refractivity contribution in [1.82, 2.24) is 4.31 Å². The molecule has 0 radical (unpaired) electrons. The van der Waals surface area contributed by atoms with Crippen molar-refractivity contribution in [1.29, 1.82) is 0 Å². The first-order valence-electron chi connectivity index (χ1n) is 6.41. The van der Waals surface area contributed by atoms with E-state index in [0.29, 0.717) is 30.9 Å². The minimum atomic E-state index is -3.65. The maximum absolute atomic E-state index is 12.5. The Bertz CT molecular complexity index is 620. The summed E-state index contributed by atoms with van der Waals surface area (Å²) in [6.07, 6.45) is 0.852. The fourth-order valence-electron chi connectivity index (χ4n) is 2.15. The molecule has 2 heterocycles. The van der Waals surface area contributed by atoms with E-state index in [2.05, 4.69) is 0 Å². The van der Waals surface area contributed by atoms with Crippen LogP contribution in [0.1, 0.15) is 17.7 Å². The van der Waals surface area contributed by atoms with E-state index in [1.54, 1.807) is 6.07 Å². The topological polar surface area (TPSA) is 92.9 Å². The predicted octanol–water partition coefficient (Wildman–Crippen LogP) is 0.544. The van der Waals surface area contributed by atoms with Crippen LogP contribution in [0.15, 0.2) is 16.3 Å². The summed E-state index contributed by atoms with van der Waals surface area (Å²) in [6, 6.07) is 3.08. The maximum Gasteiger partial charge on any atom is 0.252 e. The first-order valence-corrected chi connectivity index (χ1v) is 9.07. The molecule has 0 aliphatic carbocycles. The molecule has 0 bridgehead atoms. The Kier molecular flexibility index (Phi) is 5.01. The molecule has 2 rings (SSSR count). The lowest BCUT2D eigenvalue weighted by Gasteiger charge is -2.34. The molecule has 21 heavy (non-hydrogen) atoms. The number of thiocarbonyl (C=S) groups is 1. The van der Waals surface area contributed by atoms with Gasteiger partial charge in [-0.3, -0.25) is 0 Å². The fourth-order valence-corrected chi connectivity index (χ4v) is 4.97. The molecule has 0 unspecified atom stereocenters. The number of aliphatic hydroxyl groups is 1. The van der Waals surface area contributed by atoms with Crippen LogP contribution in [0.4, 0.5) is 0 Å². The minimum Gasteiger partial charge on any atom is -0.389 e. The Morgan fingerprint density at radius 2 is 2.14 bits per heavy atom. The smallest absolute Gasteiger partial charge is 0.252 e. The second-order valence-electron chi connectivity index (χ2n) is 5.08. The van der Waals surface area contributed by atoms with E-state index in [0.717, 1.165) is 11.3 Å². The van der Waals surface area contributed by atoms with Crippen LogP contribution >= 0.6 is 23.6 Å². The molecule has 1 saturated heterocycles. The molecule has 0 atom stereocenters. The van der Waals surface area contributed by atoms with Crippen LogP contribution < -0.4 is 5.73 Å². The average molecular weight is 350 g/mol. The predicted molar refractivity (Wildman–Crippen MR) is 85.0 cm³/mol. The molecule has 0 amide bonds. The van der Waals surface area contributed by atoms with Gasteiger partial charge in [0.25, 0.3) is 10.0 Å². The van der Waals surface area contributed by atoms with Gasteiger partial charge in [-0.1, -0.05) is 12.2 Å². The van der Waals surface area contributed by atoms with Gasteiger partial charge < -0.3 is 15.6 Å². The minimum absolute atomic E-state index is 0.0407. The van der Waals surface area contributed by atoms with Crippen molar-refractivity contribution < 1.29 is 18.3 Å². The van der Waals surface area contributed by atoms with E-state index in [4.69, 9.17) is 22.7 Å². The van der Waals surface area contributed by atoms with Crippen molar-refractivity contribution in [2.24, 2.45) is 5.73 Å². The van der Waals surface area contributed by atoms with Crippen molar-refractivity contribution in [2.75, 3.05) is 26.8 Å². The largest absolute Gasteiger partial charge is 0.389 e. The van der Waals surface area contributed by atoms with Gasteiger partial charge in [0, 0.05) is 39.6 Å². The third-order valence-corrected chi connectivity index (χ3v) is 7.17. The van der Waals surface area contributed by atoms with Gasteiger partial charge in [-0.25, -0.2) is 8.42 Å². The standard InChI is InChI=1S/C12H18N2O4S3/c1-14(8-12(15)4-6-18-7-5-12)21(16,17)10-3-2-9(20-10)11(13)19/h2-3,15H,4-8H2,1H3,(H2,13,19). The van der Waals surface area contributed by atoms with Gasteiger partial charge in [0.05, 0.1) is 10.5 Å². The lowest BCUT2D eigenvalue weighted by atomic mass is 9.95. The molecule has 3 N–H and O–H groups in total. The van der Waals surface area contributed by atoms with Gasteiger partial charge >= 0.3 is 0 Å². The molecule has 0 aromatic carbocycles. The Morgan fingerprint density at radius 1 is 1.52 bits per heavy atom. The highest BCUT2D eigenvalue weighted by molar-refractivity contribution is 7.91. The third-order valence-electron chi connectivity index (χ3n) is 3.43. The molecular formula is C12H18N2O4S3. The molecule has 0 spiro atoms. The van der Waals surface area contributed by atoms with E-state index in [9.17, 15) is 13.5 Å². The van der Waals surface area contributed by atoms with E-state index in [-0.39, 0.29) is 15.7 Å². The Hall–Kier alpha value is -0.580. The second-order valence-corrected chi connectivity index (χ2v) is 8.88. The van der Waals surface area contributed by atoms with E-state index >= 15 is 0 Å². The molecular weight excluding hydrogens is 332 g/mol. The van der Waals surface area contributed by atoms with Crippen molar-refractivity contribution in [2.45, 2.75) is 22.7 Å². The fraction of sp³-hybridized carbons (Fsp3) is 0.583. The van der Waals surface area contributed by atoms with Gasteiger partial charge in [0.15, 0.2) is 0 Å². The first kappa shape index (κ1) is 16.8. The number of sulfonamides is 1. The number of nitrogens with zero attached hydrogens (tertiary/aromatic N) is 1. The Balaban J connectivity index is 2.15. The highest BCUT2D eigenvalue weighted by atomic mass is 32.2. The summed E-state index contributed by atoms with van der Waals surface area (Å²) in [4.78, 5) is 0.730. The van der Waals surface area contributed by atoms with Crippen LogP contribution in [0, 0.1) is 0 Å². The monoisotopic (exact) mass is 350 g/mol. The zero-order chi connectivity index (χ0) is 15.7. The zero-order valence-corrected chi connectivity index (χ0v) is 14.1. The molecule has 1 aromatic rings. The van der Waals surface area contributed by atoms with E-state index in [1.807, 2.05) is 0 Å². The molecule has 1 aliphatic heterocycles. The quantitative estimate of drug-likeness (QED) is 0.753. The lowest BCUT2D eigenvalue weighted by molar-refractivity contribution is -0.0689. The lowest BCUT2D eigenvalue weighted by Crippen LogP contribution is -2.47. The Labute approximate surface area is 133 Å². The number of hydrogen-bond acceptors (Lipinski definition) is 6. The SMILES string of the molecule is CN(CC1(O)CCOCC1)S(=O)(=O)c1ccc(C(N)=S)s1. The normalized spacial score (nSPS) is 18.8. The number of nitrogens with two attached hydrogens (primary N) is 1. The van der Waals surface area contributed by atoms with E-state index < -0.39 is 15.6 Å². The summed E-state index contributed by atoms with van der Waals surface area (Å²) in [5.74, 6) is 0. The Morgan fingerprint density at radius 3 is 2.67 bits per heavy atom. The molecule has 118 valence electrons. The van der Waals surface area contributed by atoms with Gasteiger partial charge in [0.1, 0.15) is 9.20 Å². The first-order chi connectivity index (χ1) is 9.74. The molecule has 6 nitrogen and oxygen atoms in total. The van der Waals surface area contributed by atoms with Gasteiger partial charge in [0.2, 0.25) is 0 Å².